The molecule has 0 aromatic rings. The summed E-state index contributed by atoms with van der Waals surface area (Å²) in [5.41, 5.74) is 0. The van der Waals surface area contributed by atoms with Gasteiger partial charge in [0.05, 0.1) is 24.9 Å². The first-order chi connectivity index (χ1) is 12.7. The van der Waals surface area contributed by atoms with Gasteiger partial charge in [-0.1, -0.05) is 25.7 Å². The number of rotatable bonds is 8. The Morgan fingerprint density at radius 3 is 2.35 bits per heavy atom. The molecule has 0 spiro atoms. The SMILES string of the molecule is CN=C(NCCCN1CC(C)OC(C)C1)NCCOC1CCCCCC1. The van der Waals surface area contributed by atoms with Crippen molar-refractivity contribution in [3.63, 3.8) is 0 Å². The van der Waals surface area contributed by atoms with Crippen LogP contribution in [0.4, 0.5) is 0 Å². The van der Waals surface area contributed by atoms with Gasteiger partial charge in [-0.25, -0.2) is 0 Å². The molecule has 0 amide bonds. The van der Waals surface area contributed by atoms with Crippen molar-refractivity contribution in [3.05, 3.63) is 0 Å². The average molecular weight is 369 g/mol. The van der Waals surface area contributed by atoms with Crippen LogP contribution in [0.3, 0.4) is 0 Å². The highest BCUT2D eigenvalue weighted by Gasteiger charge is 2.21. The molecule has 0 bridgehead atoms. The van der Waals surface area contributed by atoms with Crippen molar-refractivity contribution in [2.24, 2.45) is 4.99 Å². The van der Waals surface area contributed by atoms with Crippen molar-refractivity contribution >= 4 is 5.96 Å². The highest BCUT2D eigenvalue weighted by atomic mass is 16.5. The van der Waals surface area contributed by atoms with Gasteiger partial charge in [-0.2, -0.15) is 0 Å². The van der Waals surface area contributed by atoms with Crippen molar-refractivity contribution in [3.8, 4) is 0 Å². The number of nitrogens with zero attached hydrogens (tertiary/aromatic N) is 2. The molecule has 2 unspecified atom stereocenters. The quantitative estimate of drug-likeness (QED) is 0.298. The van der Waals surface area contributed by atoms with Crippen LogP contribution in [0.5, 0.6) is 0 Å². The van der Waals surface area contributed by atoms with Crippen LogP contribution < -0.4 is 10.6 Å². The zero-order chi connectivity index (χ0) is 18.6. The molecule has 0 radical (unpaired) electrons. The summed E-state index contributed by atoms with van der Waals surface area (Å²) < 4.78 is 11.8. The smallest absolute Gasteiger partial charge is 0.191 e. The van der Waals surface area contributed by atoms with Crippen LogP contribution in [-0.2, 0) is 9.47 Å². The third kappa shape index (κ3) is 8.69. The molecule has 2 rings (SSSR count). The molecule has 6 heteroatoms. The predicted octanol–water partition coefficient (Wildman–Crippen LogP) is 2.39. The fourth-order valence-electron chi connectivity index (χ4n) is 4.00. The minimum Gasteiger partial charge on any atom is -0.376 e. The Bertz CT molecular complexity index is 387. The highest BCUT2D eigenvalue weighted by molar-refractivity contribution is 5.79. The van der Waals surface area contributed by atoms with Crippen LogP contribution in [0.2, 0.25) is 0 Å². The van der Waals surface area contributed by atoms with Gasteiger partial charge in [0.25, 0.3) is 0 Å². The first-order valence-electron chi connectivity index (χ1n) is 10.6. The van der Waals surface area contributed by atoms with Crippen molar-refractivity contribution in [1.82, 2.24) is 15.5 Å². The molecule has 152 valence electrons. The lowest BCUT2D eigenvalue weighted by Gasteiger charge is -2.35. The summed E-state index contributed by atoms with van der Waals surface area (Å²) >= 11 is 0. The lowest BCUT2D eigenvalue weighted by atomic mass is 10.1. The summed E-state index contributed by atoms with van der Waals surface area (Å²) in [6, 6.07) is 0. The molecule has 2 aliphatic rings. The van der Waals surface area contributed by atoms with E-state index in [1.165, 1.54) is 38.5 Å². The number of nitrogens with one attached hydrogen (secondary N) is 2. The van der Waals surface area contributed by atoms with Crippen molar-refractivity contribution < 1.29 is 9.47 Å². The highest BCUT2D eigenvalue weighted by Crippen LogP contribution is 2.19. The molecule has 1 heterocycles. The normalized spacial score (nSPS) is 26.5. The van der Waals surface area contributed by atoms with Gasteiger partial charge < -0.3 is 20.1 Å². The molecule has 6 nitrogen and oxygen atoms in total. The second-order valence-electron chi connectivity index (χ2n) is 7.78. The van der Waals surface area contributed by atoms with E-state index in [1.54, 1.807) is 0 Å². The van der Waals surface area contributed by atoms with E-state index in [9.17, 15) is 0 Å². The molecular weight excluding hydrogens is 328 g/mol. The molecule has 0 aromatic heterocycles. The van der Waals surface area contributed by atoms with Gasteiger partial charge in [-0.05, 0) is 33.1 Å². The molecule has 1 saturated carbocycles. The summed E-state index contributed by atoms with van der Waals surface area (Å²) in [4.78, 5) is 6.80. The number of aliphatic imine (C=N–C) groups is 1. The number of guanidine groups is 1. The van der Waals surface area contributed by atoms with Crippen molar-refractivity contribution in [2.75, 3.05) is 46.4 Å². The summed E-state index contributed by atoms with van der Waals surface area (Å²) in [6.45, 7) is 10.00. The molecule has 1 aliphatic heterocycles. The molecule has 2 N–H and O–H groups in total. The number of hydrogen-bond donors (Lipinski definition) is 2. The minimum atomic E-state index is 0.342. The Labute approximate surface area is 160 Å². The zero-order valence-electron chi connectivity index (χ0n) is 17.1. The molecule has 2 fully saturated rings. The first-order valence-corrected chi connectivity index (χ1v) is 10.6. The Hall–Kier alpha value is -0.850. The largest absolute Gasteiger partial charge is 0.376 e. The zero-order valence-corrected chi connectivity index (χ0v) is 17.1. The maximum atomic E-state index is 6.02. The fourth-order valence-corrected chi connectivity index (χ4v) is 4.00. The van der Waals surface area contributed by atoms with Crippen LogP contribution >= 0.6 is 0 Å². The third-order valence-corrected chi connectivity index (χ3v) is 5.21. The Kier molecular flexibility index (Phi) is 10.3. The van der Waals surface area contributed by atoms with Crippen LogP contribution in [0.15, 0.2) is 4.99 Å². The van der Waals surface area contributed by atoms with E-state index in [2.05, 4.69) is 34.4 Å². The summed E-state index contributed by atoms with van der Waals surface area (Å²) in [5.74, 6) is 0.873. The summed E-state index contributed by atoms with van der Waals surface area (Å²) in [7, 11) is 1.83. The number of hydrogen-bond acceptors (Lipinski definition) is 4. The second kappa shape index (κ2) is 12.5. The van der Waals surface area contributed by atoms with Crippen molar-refractivity contribution in [1.29, 1.82) is 0 Å². The molecule has 1 aliphatic carbocycles. The van der Waals surface area contributed by atoms with Gasteiger partial charge in [0.15, 0.2) is 5.96 Å². The average Bonchev–Trinajstić information content (AvgIpc) is 2.88. The van der Waals surface area contributed by atoms with E-state index in [1.807, 2.05) is 7.05 Å². The van der Waals surface area contributed by atoms with Crippen LogP contribution in [0.1, 0.15) is 58.8 Å². The monoisotopic (exact) mass is 368 g/mol. The van der Waals surface area contributed by atoms with E-state index < -0.39 is 0 Å². The molecule has 26 heavy (non-hydrogen) atoms. The summed E-state index contributed by atoms with van der Waals surface area (Å²) in [5, 5.41) is 6.76. The molecule has 1 saturated heterocycles. The van der Waals surface area contributed by atoms with Crippen LogP contribution in [0.25, 0.3) is 0 Å². The third-order valence-electron chi connectivity index (χ3n) is 5.21. The standard InChI is InChI=1S/C20H40N4O2/c1-17-15-24(16-18(2)26-17)13-8-11-22-20(21-3)23-12-14-25-19-9-6-4-5-7-10-19/h17-19H,4-16H2,1-3H3,(H2,21,22,23). The van der Waals surface area contributed by atoms with Crippen LogP contribution in [-0.4, -0.2) is 75.5 Å². The van der Waals surface area contributed by atoms with Gasteiger partial charge in [-0.3, -0.25) is 9.89 Å². The Balaban J connectivity index is 1.51. The maximum Gasteiger partial charge on any atom is 0.191 e. The van der Waals surface area contributed by atoms with Gasteiger partial charge >= 0.3 is 0 Å². The van der Waals surface area contributed by atoms with Crippen molar-refractivity contribution in [2.45, 2.75) is 77.1 Å². The second-order valence-corrected chi connectivity index (χ2v) is 7.78. The van der Waals surface area contributed by atoms with E-state index >= 15 is 0 Å². The van der Waals surface area contributed by atoms with E-state index in [0.29, 0.717) is 18.3 Å². The first kappa shape index (κ1) is 21.5. The Morgan fingerprint density at radius 2 is 1.69 bits per heavy atom. The lowest BCUT2D eigenvalue weighted by molar-refractivity contribution is -0.0679. The molecule has 0 aromatic carbocycles. The topological polar surface area (TPSA) is 58.1 Å². The maximum absolute atomic E-state index is 6.02. The summed E-state index contributed by atoms with van der Waals surface area (Å²) in [6.07, 6.45) is 10.1. The van der Waals surface area contributed by atoms with Gasteiger partial charge in [-0.15, -0.1) is 0 Å². The minimum absolute atomic E-state index is 0.342. The number of morpholine rings is 1. The lowest BCUT2D eigenvalue weighted by Crippen LogP contribution is -2.46. The van der Waals surface area contributed by atoms with E-state index in [0.717, 1.165) is 51.7 Å². The van der Waals surface area contributed by atoms with E-state index in [-0.39, 0.29) is 0 Å². The van der Waals surface area contributed by atoms with Gasteiger partial charge in [0.1, 0.15) is 0 Å². The molecule has 2 atom stereocenters. The number of ether oxygens (including phenoxy) is 2. The van der Waals surface area contributed by atoms with Crippen LogP contribution in [0, 0.1) is 0 Å². The fraction of sp³-hybridized carbons (Fsp3) is 0.950. The van der Waals surface area contributed by atoms with E-state index in [4.69, 9.17) is 9.47 Å². The Morgan fingerprint density at radius 1 is 1.04 bits per heavy atom. The van der Waals surface area contributed by atoms with Gasteiger partial charge in [0, 0.05) is 39.8 Å². The van der Waals surface area contributed by atoms with Gasteiger partial charge in [0.2, 0.25) is 0 Å². The predicted molar refractivity (Wildman–Crippen MR) is 108 cm³/mol. The molecular formula is C20H40N4O2.